The predicted octanol–water partition coefficient (Wildman–Crippen LogP) is 4.28. The van der Waals surface area contributed by atoms with Crippen molar-refractivity contribution in [3.05, 3.63) is 56.8 Å². The van der Waals surface area contributed by atoms with E-state index in [2.05, 4.69) is 5.32 Å². The second-order valence-electron chi connectivity index (χ2n) is 7.42. The van der Waals surface area contributed by atoms with Gasteiger partial charge in [-0.3, -0.25) is 9.59 Å². The molecule has 0 spiro atoms. The van der Waals surface area contributed by atoms with Crippen molar-refractivity contribution in [2.24, 2.45) is 0 Å². The largest absolute Gasteiger partial charge is 0.491 e. The maximum absolute atomic E-state index is 12.8. The minimum Gasteiger partial charge on any atom is -0.491 e. The van der Waals surface area contributed by atoms with Crippen LogP contribution in [0, 0.1) is 13.8 Å². The first-order valence-corrected chi connectivity index (χ1v) is 10.9. The molecule has 3 aromatic rings. The van der Waals surface area contributed by atoms with Crippen LogP contribution in [0.5, 0.6) is 5.75 Å². The normalized spacial score (nSPS) is 11.0. The lowest BCUT2D eigenvalue weighted by molar-refractivity contribution is -0.116. The van der Waals surface area contributed by atoms with Gasteiger partial charge in [0.05, 0.1) is 18.3 Å². The zero-order chi connectivity index (χ0) is 22.7. The van der Waals surface area contributed by atoms with E-state index in [4.69, 9.17) is 9.47 Å². The first kappa shape index (κ1) is 22.6. The van der Waals surface area contributed by atoms with Gasteiger partial charge in [0, 0.05) is 16.5 Å². The number of esters is 1. The van der Waals surface area contributed by atoms with Crippen LogP contribution < -0.4 is 15.6 Å². The summed E-state index contributed by atoms with van der Waals surface area (Å²) in [6.07, 6.45) is 1.62. The summed E-state index contributed by atoms with van der Waals surface area (Å²) in [6.45, 7) is 9.38. The minimum absolute atomic E-state index is 0.0329. The summed E-state index contributed by atoms with van der Waals surface area (Å²) in [5.41, 5.74) is 0.871. The molecule has 0 aliphatic heterocycles. The molecule has 0 unspecified atom stereocenters. The van der Waals surface area contributed by atoms with E-state index in [0.717, 1.165) is 15.8 Å². The molecule has 0 atom stereocenters. The number of rotatable bonds is 7. The standard InChI is InChI=1S/C23H26N2O5S/c1-6-29-23(28)20-14(4)15(5)31-21(20)24-19(26)12-25-10-9-16-11-17(30-13(2)3)7-8-18(16)22(25)27/h7-11,13H,6,12H2,1-5H3,(H,24,26). The molecule has 0 radical (unpaired) electrons. The van der Waals surface area contributed by atoms with Crippen molar-refractivity contribution < 1.29 is 19.1 Å². The van der Waals surface area contributed by atoms with Gasteiger partial charge in [-0.05, 0) is 69.8 Å². The van der Waals surface area contributed by atoms with Gasteiger partial charge in [0.2, 0.25) is 5.91 Å². The number of pyridine rings is 1. The van der Waals surface area contributed by atoms with E-state index in [9.17, 15) is 14.4 Å². The molecule has 0 saturated carbocycles. The summed E-state index contributed by atoms with van der Waals surface area (Å²) in [6, 6.07) is 7.04. The molecule has 2 heterocycles. The number of thiophene rings is 1. The number of hydrogen-bond donors (Lipinski definition) is 1. The Balaban J connectivity index is 1.83. The maximum Gasteiger partial charge on any atom is 0.341 e. The third-order valence-corrected chi connectivity index (χ3v) is 5.87. The number of aromatic nitrogens is 1. The summed E-state index contributed by atoms with van der Waals surface area (Å²) in [4.78, 5) is 38.7. The van der Waals surface area contributed by atoms with Crippen LogP contribution in [0.2, 0.25) is 0 Å². The highest BCUT2D eigenvalue weighted by Gasteiger charge is 2.22. The maximum atomic E-state index is 12.8. The number of carbonyl (C=O) groups is 2. The zero-order valence-corrected chi connectivity index (χ0v) is 19.1. The van der Waals surface area contributed by atoms with E-state index >= 15 is 0 Å². The molecule has 8 heteroatoms. The second-order valence-corrected chi connectivity index (χ2v) is 8.65. The number of hydrogen-bond acceptors (Lipinski definition) is 6. The Labute approximate surface area is 184 Å². The fourth-order valence-corrected chi connectivity index (χ4v) is 4.29. The average Bonchev–Trinajstić information content (AvgIpc) is 2.97. The average molecular weight is 443 g/mol. The van der Waals surface area contributed by atoms with Gasteiger partial charge in [0.15, 0.2) is 0 Å². The third-order valence-electron chi connectivity index (χ3n) is 4.75. The Morgan fingerprint density at radius 1 is 1.19 bits per heavy atom. The Morgan fingerprint density at radius 3 is 2.61 bits per heavy atom. The van der Waals surface area contributed by atoms with Crippen molar-refractivity contribution in [1.82, 2.24) is 4.57 Å². The lowest BCUT2D eigenvalue weighted by Crippen LogP contribution is -2.27. The van der Waals surface area contributed by atoms with Crippen molar-refractivity contribution in [3.63, 3.8) is 0 Å². The van der Waals surface area contributed by atoms with E-state index in [-0.39, 0.29) is 24.8 Å². The summed E-state index contributed by atoms with van der Waals surface area (Å²) in [5, 5.41) is 4.44. The van der Waals surface area contributed by atoms with Crippen molar-refractivity contribution in [1.29, 1.82) is 0 Å². The zero-order valence-electron chi connectivity index (χ0n) is 18.3. The van der Waals surface area contributed by atoms with Crippen molar-refractivity contribution >= 4 is 39.0 Å². The molecule has 2 aromatic heterocycles. The van der Waals surface area contributed by atoms with Crippen LogP contribution in [0.4, 0.5) is 5.00 Å². The quantitative estimate of drug-likeness (QED) is 0.552. The van der Waals surface area contributed by atoms with Gasteiger partial charge in [-0.2, -0.15) is 0 Å². The Bertz CT molecular complexity index is 1190. The molecule has 0 saturated heterocycles. The van der Waals surface area contributed by atoms with Gasteiger partial charge in [-0.15, -0.1) is 11.3 Å². The number of carbonyl (C=O) groups excluding carboxylic acids is 2. The van der Waals surface area contributed by atoms with Crippen LogP contribution in [0.25, 0.3) is 10.8 Å². The molecule has 0 bridgehead atoms. The fourth-order valence-electron chi connectivity index (χ4n) is 3.22. The monoisotopic (exact) mass is 442 g/mol. The molecule has 164 valence electrons. The lowest BCUT2D eigenvalue weighted by Gasteiger charge is -2.12. The fraction of sp³-hybridized carbons (Fsp3) is 0.348. The molecule has 1 aromatic carbocycles. The molecule has 7 nitrogen and oxygen atoms in total. The van der Waals surface area contributed by atoms with Crippen molar-refractivity contribution in [2.75, 3.05) is 11.9 Å². The molecule has 0 fully saturated rings. The highest BCUT2D eigenvalue weighted by molar-refractivity contribution is 7.16. The van der Waals surface area contributed by atoms with Gasteiger partial charge >= 0.3 is 5.97 Å². The topological polar surface area (TPSA) is 86.6 Å². The summed E-state index contributed by atoms with van der Waals surface area (Å²) in [7, 11) is 0. The molecule has 1 amide bonds. The SMILES string of the molecule is CCOC(=O)c1c(NC(=O)Cn2ccc3cc(OC(C)C)ccc3c2=O)sc(C)c1C. The molecule has 0 aliphatic rings. The van der Waals surface area contributed by atoms with Crippen LogP contribution in [-0.4, -0.2) is 29.2 Å². The Kier molecular flexibility index (Phi) is 6.80. The number of aryl methyl sites for hydroxylation is 1. The molecule has 31 heavy (non-hydrogen) atoms. The number of anilines is 1. The van der Waals surface area contributed by atoms with Crippen molar-refractivity contribution in [2.45, 2.75) is 47.3 Å². The number of nitrogens with zero attached hydrogens (tertiary/aromatic N) is 1. The van der Waals surface area contributed by atoms with Crippen LogP contribution in [0.15, 0.2) is 35.3 Å². The number of nitrogens with one attached hydrogen (secondary N) is 1. The van der Waals surface area contributed by atoms with Crippen LogP contribution in [-0.2, 0) is 16.1 Å². The highest BCUT2D eigenvalue weighted by Crippen LogP contribution is 2.33. The second kappa shape index (κ2) is 9.34. The summed E-state index contributed by atoms with van der Waals surface area (Å²) in [5.74, 6) is -0.178. The number of fused-ring (bicyclic) bond motifs is 1. The van der Waals surface area contributed by atoms with Crippen molar-refractivity contribution in [3.8, 4) is 5.75 Å². The first-order valence-electron chi connectivity index (χ1n) is 10.1. The highest BCUT2D eigenvalue weighted by atomic mass is 32.1. The molecular weight excluding hydrogens is 416 g/mol. The van der Waals surface area contributed by atoms with E-state index in [1.807, 2.05) is 33.8 Å². The summed E-state index contributed by atoms with van der Waals surface area (Å²) < 4.78 is 12.1. The molecule has 3 rings (SSSR count). The number of benzene rings is 1. The van der Waals surface area contributed by atoms with Crippen LogP contribution in [0.3, 0.4) is 0 Å². The van der Waals surface area contributed by atoms with E-state index in [1.54, 1.807) is 31.3 Å². The number of amides is 1. The van der Waals surface area contributed by atoms with E-state index < -0.39 is 11.9 Å². The molecule has 1 N–H and O–H groups in total. The van der Waals surface area contributed by atoms with Gasteiger partial charge in [0.25, 0.3) is 5.56 Å². The van der Waals surface area contributed by atoms with E-state index in [1.165, 1.54) is 15.9 Å². The summed E-state index contributed by atoms with van der Waals surface area (Å²) >= 11 is 1.31. The molecular formula is C23H26N2O5S. The first-order chi connectivity index (χ1) is 14.7. The van der Waals surface area contributed by atoms with Gasteiger partial charge in [-0.25, -0.2) is 4.79 Å². The van der Waals surface area contributed by atoms with Gasteiger partial charge in [-0.1, -0.05) is 0 Å². The smallest absolute Gasteiger partial charge is 0.341 e. The minimum atomic E-state index is -0.470. The lowest BCUT2D eigenvalue weighted by atomic mass is 10.1. The van der Waals surface area contributed by atoms with Gasteiger partial charge < -0.3 is 19.4 Å². The van der Waals surface area contributed by atoms with Crippen LogP contribution in [0.1, 0.15) is 41.6 Å². The van der Waals surface area contributed by atoms with Crippen LogP contribution >= 0.6 is 11.3 Å². The van der Waals surface area contributed by atoms with Gasteiger partial charge in [0.1, 0.15) is 17.3 Å². The van der Waals surface area contributed by atoms with E-state index in [0.29, 0.717) is 21.7 Å². The third kappa shape index (κ3) is 4.96. The number of ether oxygens (including phenoxy) is 2. The Morgan fingerprint density at radius 2 is 1.94 bits per heavy atom. The predicted molar refractivity (Wildman–Crippen MR) is 122 cm³/mol. The Hall–Kier alpha value is -3.13. The molecule has 0 aliphatic carbocycles.